The van der Waals surface area contributed by atoms with E-state index in [1.165, 1.54) is 11.3 Å². The third-order valence-electron chi connectivity index (χ3n) is 3.49. The largest absolute Gasteiger partial charge is 0.467 e. The van der Waals surface area contributed by atoms with E-state index in [0.717, 1.165) is 21.8 Å². The SMILES string of the molecule is Cc1ccsc1C(=O)N(Cc1ccccc1)Cc1ccco1. The molecule has 22 heavy (non-hydrogen) atoms. The first kappa shape index (κ1) is 14.6. The third-order valence-corrected chi connectivity index (χ3v) is 4.49. The van der Waals surface area contributed by atoms with Gasteiger partial charge in [-0.3, -0.25) is 4.79 Å². The molecule has 0 aliphatic carbocycles. The third kappa shape index (κ3) is 3.28. The van der Waals surface area contributed by atoms with Gasteiger partial charge in [0.25, 0.3) is 5.91 Å². The van der Waals surface area contributed by atoms with E-state index in [1.54, 1.807) is 6.26 Å². The number of thiophene rings is 1. The van der Waals surface area contributed by atoms with E-state index in [0.29, 0.717) is 13.1 Å². The lowest BCUT2D eigenvalue weighted by Crippen LogP contribution is -2.29. The molecule has 112 valence electrons. The molecule has 0 spiro atoms. The van der Waals surface area contributed by atoms with Gasteiger partial charge in [-0.2, -0.15) is 0 Å². The predicted octanol–water partition coefficient (Wildman–Crippen LogP) is 4.49. The molecule has 4 heteroatoms. The first-order valence-electron chi connectivity index (χ1n) is 7.13. The lowest BCUT2D eigenvalue weighted by Gasteiger charge is -2.21. The molecule has 3 aromatic rings. The van der Waals surface area contributed by atoms with Crippen LogP contribution in [0.5, 0.6) is 0 Å². The van der Waals surface area contributed by atoms with E-state index in [1.807, 2.05) is 65.7 Å². The van der Waals surface area contributed by atoms with Gasteiger partial charge in [0.15, 0.2) is 0 Å². The molecule has 2 heterocycles. The number of hydrogen-bond donors (Lipinski definition) is 0. The van der Waals surface area contributed by atoms with Crippen molar-refractivity contribution in [2.75, 3.05) is 0 Å². The molecular weight excluding hydrogens is 294 g/mol. The molecule has 0 aliphatic heterocycles. The number of rotatable bonds is 5. The van der Waals surface area contributed by atoms with Crippen LogP contribution in [0.3, 0.4) is 0 Å². The van der Waals surface area contributed by atoms with Crippen LogP contribution in [0.2, 0.25) is 0 Å². The van der Waals surface area contributed by atoms with E-state index in [-0.39, 0.29) is 5.91 Å². The summed E-state index contributed by atoms with van der Waals surface area (Å²) in [7, 11) is 0. The number of benzene rings is 1. The van der Waals surface area contributed by atoms with Gasteiger partial charge in [0.05, 0.1) is 17.7 Å². The van der Waals surface area contributed by atoms with Gasteiger partial charge >= 0.3 is 0 Å². The van der Waals surface area contributed by atoms with Crippen LogP contribution in [-0.4, -0.2) is 10.8 Å². The van der Waals surface area contributed by atoms with E-state index < -0.39 is 0 Å². The highest BCUT2D eigenvalue weighted by molar-refractivity contribution is 7.12. The maximum absolute atomic E-state index is 12.9. The fourth-order valence-electron chi connectivity index (χ4n) is 2.33. The molecule has 1 aromatic carbocycles. The van der Waals surface area contributed by atoms with Gasteiger partial charge in [-0.05, 0) is 41.6 Å². The van der Waals surface area contributed by atoms with Gasteiger partial charge < -0.3 is 9.32 Å². The Morgan fingerprint density at radius 3 is 2.55 bits per heavy atom. The van der Waals surface area contributed by atoms with Crippen LogP contribution in [-0.2, 0) is 13.1 Å². The van der Waals surface area contributed by atoms with Crippen molar-refractivity contribution < 1.29 is 9.21 Å². The zero-order valence-electron chi connectivity index (χ0n) is 12.4. The summed E-state index contributed by atoms with van der Waals surface area (Å²) < 4.78 is 5.41. The van der Waals surface area contributed by atoms with Crippen LogP contribution in [0.15, 0.2) is 64.6 Å². The summed E-state index contributed by atoms with van der Waals surface area (Å²) in [5.74, 6) is 0.839. The Balaban J connectivity index is 1.85. The summed E-state index contributed by atoms with van der Waals surface area (Å²) >= 11 is 1.49. The van der Waals surface area contributed by atoms with Crippen LogP contribution in [0.25, 0.3) is 0 Å². The number of carbonyl (C=O) groups is 1. The lowest BCUT2D eigenvalue weighted by atomic mass is 10.2. The average Bonchev–Trinajstić information content (AvgIpc) is 3.18. The van der Waals surface area contributed by atoms with Gasteiger partial charge in [-0.25, -0.2) is 0 Å². The van der Waals surface area contributed by atoms with Crippen molar-refractivity contribution >= 4 is 17.2 Å². The Hall–Kier alpha value is -2.33. The van der Waals surface area contributed by atoms with Crippen molar-refractivity contribution in [2.45, 2.75) is 20.0 Å². The predicted molar refractivity (Wildman–Crippen MR) is 87.8 cm³/mol. The van der Waals surface area contributed by atoms with Crippen LogP contribution in [0.1, 0.15) is 26.6 Å². The standard InChI is InChI=1S/C18H17NO2S/c1-14-9-11-22-17(14)18(20)19(13-16-8-5-10-21-16)12-15-6-3-2-4-7-15/h2-11H,12-13H2,1H3. The van der Waals surface area contributed by atoms with Crippen molar-refractivity contribution in [1.82, 2.24) is 4.90 Å². The molecule has 0 fully saturated rings. The number of hydrogen-bond acceptors (Lipinski definition) is 3. The zero-order valence-corrected chi connectivity index (χ0v) is 13.2. The highest BCUT2D eigenvalue weighted by atomic mass is 32.1. The fourth-order valence-corrected chi connectivity index (χ4v) is 3.22. The molecular formula is C18H17NO2S. The van der Waals surface area contributed by atoms with E-state index in [9.17, 15) is 4.79 Å². The molecule has 2 aromatic heterocycles. The molecule has 0 aliphatic rings. The van der Waals surface area contributed by atoms with Crippen molar-refractivity contribution in [2.24, 2.45) is 0 Å². The lowest BCUT2D eigenvalue weighted by molar-refractivity contribution is 0.0722. The number of nitrogens with zero attached hydrogens (tertiary/aromatic N) is 1. The first-order chi connectivity index (χ1) is 10.7. The molecule has 3 nitrogen and oxygen atoms in total. The highest BCUT2D eigenvalue weighted by Crippen LogP contribution is 2.21. The summed E-state index contributed by atoms with van der Waals surface area (Å²) in [5, 5.41) is 1.95. The second-order valence-electron chi connectivity index (χ2n) is 5.16. The molecule has 0 bridgehead atoms. The summed E-state index contributed by atoms with van der Waals surface area (Å²) in [5.41, 5.74) is 2.13. The van der Waals surface area contributed by atoms with Crippen LogP contribution >= 0.6 is 11.3 Å². The van der Waals surface area contributed by atoms with Gasteiger partial charge in [-0.15, -0.1) is 11.3 Å². The highest BCUT2D eigenvalue weighted by Gasteiger charge is 2.20. The number of amides is 1. The Labute approximate surface area is 133 Å². The fraction of sp³-hybridized carbons (Fsp3) is 0.167. The Morgan fingerprint density at radius 2 is 1.91 bits per heavy atom. The molecule has 0 atom stereocenters. The van der Waals surface area contributed by atoms with E-state index in [2.05, 4.69) is 0 Å². The monoisotopic (exact) mass is 311 g/mol. The first-order valence-corrected chi connectivity index (χ1v) is 8.01. The summed E-state index contributed by atoms with van der Waals surface area (Å²) in [6.45, 7) is 3.01. The van der Waals surface area contributed by atoms with E-state index in [4.69, 9.17) is 4.42 Å². The average molecular weight is 311 g/mol. The van der Waals surface area contributed by atoms with Gasteiger partial charge in [0, 0.05) is 6.54 Å². The molecule has 3 rings (SSSR count). The zero-order chi connectivity index (χ0) is 15.4. The molecule has 1 amide bonds. The molecule has 0 saturated heterocycles. The molecule has 0 saturated carbocycles. The second-order valence-corrected chi connectivity index (χ2v) is 6.08. The van der Waals surface area contributed by atoms with Crippen molar-refractivity contribution in [1.29, 1.82) is 0 Å². The Kier molecular flexibility index (Phi) is 4.39. The number of carbonyl (C=O) groups excluding carboxylic acids is 1. The summed E-state index contributed by atoms with van der Waals surface area (Å²) in [4.78, 5) is 15.5. The minimum absolute atomic E-state index is 0.0488. The molecule has 0 radical (unpaired) electrons. The van der Waals surface area contributed by atoms with Crippen molar-refractivity contribution in [3.05, 3.63) is 81.9 Å². The normalized spacial score (nSPS) is 10.6. The summed E-state index contributed by atoms with van der Waals surface area (Å²) in [6.07, 6.45) is 1.64. The van der Waals surface area contributed by atoms with Crippen LogP contribution in [0, 0.1) is 6.92 Å². The number of aryl methyl sites for hydroxylation is 1. The molecule has 0 N–H and O–H groups in total. The summed E-state index contributed by atoms with van der Waals surface area (Å²) in [6, 6.07) is 15.7. The maximum Gasteiger partial charge on any atom is 0.264 e. The smallest absolute Gasteiger partial charge is 0.264 e. The van der Waals surface area contributed by atoms with Crippen LogP contribution in [0.4, 0.5) is 0 Å². The number of furan rings is 1. The quantitative estimate of drug-likeness (QED) is 0.695. The Bertz CT molecular complexity index is 732. The van der Waals surface area contributed by atoms with Crippen LogP contribution < -0.4 is 0 Å². The van der Waals surface area contributed by atoms with E-state index >= 15 is 0 Å². The van der Waals surface area contributed by atoms with Crippen molar-refractivity contribution in [3.63, 3.8) is 0 Å². The Morgan fingerprint density at radius 1 is 1.09 bits per heavy atom. The molecule has 0 unspecified atom stereocenters. The van der Waals surface area contributed by atoms with Gasteiger partial charge in [0.1, 0.15) is 5.76 Å². The second kappa shape index (κ2) is 6.62. The minimum atomic E-state index is 0.0488. The minimum Gasteiger partial charge on any atom is -0.467 e. The van der Waals surface area contributed by atoms with Gasteiger partial charge in [0.2, 0.25) is 0 Å². The van der Waals surface area contributed by atoms with Crippen molar-refractivity contribution in [3.8, 4) is 0 Å². The maximum atomic E-state index is 12.9. The topological polar surface area (TPSA) is 33.5 Å². The van der Waals surface area contributed by atoms with Gasteiger partial charge in [-0.1, -0.05) is 30.3 Å².